The lowest BCUT2D eigenvalue weighted by Gasteiger charge is -2.39. The van der Waals surface area contributed by atoms with Gasteiger partial charge < -0.3 is 15.3 Å². The van der Waals surface area contributed by atoms with Crippen LogP contribution in [0.15, 0.2) is 4.99 Å². The SMILES string of the molecule is CCNC(=NCC(C)(C)CO)N1CCS(=O)(=O)C(C)(C)C1.I. The number of nitrogens with one attached hydrogen (secondary N) is 1. The smallest absolute Gasteiger partial charge is 0.194 e. The van der Waals surface area contributed by atoms with Crippen molar-refractivity contribution in [2.24, 2.45) is 10.4 Å². The van der Waals surface area contributed by atoms with E-state index in [2.05, 4.69) is 10.3 Å². The number of rotatable bonds is 4. The average molecular weight is 447 g/mol. The van der Waals surface area contributed by atoms with Crippen molar-refractivity contribution >= 4 is 39.8 Å². The molecule has 0 atom stereocenters. The minimum Gasteiger partial charge on any atom is -0.396 e. The van der Waals surface area contributed by atoms with Gasteiger partial charge in [-0.2, -0.15) is 0 Å². The van der Waals surface area contributed by atoms with Crippen LogP contribution in [0.2, 0.25) is 0 Å². The van der Waals surface area contributed by atoms with Crippen LogP contribution in [0.25, 0.3) is 0 Å². The molecule has 0 aliphatic carbocycles. The fraction of sp³-hybridized carbons (Fsp3) is 0.929. The van der Waals surface area contributed by atoms with Crippen LogP contribution in [0.5, 0.6) is 0 Å². The first-order chi connectivity index (χ1) is 9.54. The Morgan fingerprint density at radius 1 is 1.41 bits per heavy atom. The van der Waals surface area contributed by atoms with Gasteiger partial charge >= 0.3 is 0 Å². The summed E-state index contributed by atoms with van der Waals surface area (Å²) in [5.74, 6) is 0.871. The van der Waals surface area contributed by atoms with Crippen molar-refractivity contribution in [1.82, 2.24) is 10.2 Å². The molecule has 1 rings (SSSR count). The standard InChI is InChI=1S/C14H29N3O3S.HI/c1-6-15-12(16-9-13(2,3)11-18)17-7-8-21(19,20)14(4,5)10-17;/h18H,6-11H2,1-5H3,(H,15,16);1H. The molecule has 1 saturated heterocycles. The van der Waals surface area contributed by atoms with Gasteiger partial charge in [-0.25, -0.2) is 8.42 Å². The lowest BCUT2D eigenvalue weighted by atomic mass is 9.95. The highest BCUT2D eigenvalue weighted by atomic mass is 127. The molecule has 6 nitrogen and oxygen atoms in total. The maximum Gasteiger partial charge on any atom is 0.194 e. The minimum atomic E-state index is -3.05. The molecule has 2 N–H and O–H groups in total. The first-order valence-corrected chi connectivity index (χ1v) is 9.06. The summed E-state index contributed by atoms with van der Waals surface area (Å²) in [5, 5.41) is 12.5. The number of sulfone groups is 1. The van der Waals surface area contributed by atoms with Crippen molar-refractivity contribution in [1.29, 1.82) is 0 Å². The summed E-state index contributed by atoms with van der Waals surface area (Å²) >= 11 is 0. The normalized spacial score (nSPS) is 21.2. The van der Waals surface area contributed by atoms with E-state index in [0.29, 0.717) is 19.6 Å². The summed E-state index contributed by atoms with van der Waals surface area (Å²) in [4.78, 5) is 6.57. The molecule has 0 spiro atoms. The Kier molecular flexibility index (Phi) is 8.11. The molecule has 1 aliphatic rings. The molecule has 22 heavy (non-hydrogen) atoms. The average Bonchev–Trinajstić information content (AvgIpc) is 2.38. The zero-order chi connectivity index (χ0) is 16.3. The number of halogens is 1. The Hall–Kier alpha value is -0.0900. The topological polar surface area (TPSA) is 82.0 Å². The third-order valence-electron chi connectivity index (χ3n) is 3.76. The van der Waals surface area contributed by atoms with Crippen LogP contribution in [0.1, 0.15) is 34.6 Å². The number of guanidine groups is 1. The van der Waals surface area contributed by atoms with Gasteiger partial charge in [-0.3, -0.25) is 4.99 Å². The van der Waals surface area contributed by atoms with E-state index in [-0.39, 0.29) is 41.8 Å². The van der Waals surface area contributed by atoms with Crippen LogP contribution >= 0.6 is 24.0 Å². The fourth-order valence-electron chi connectivity index (χ4n) is 2.09. The third kappa shape index (κ3) is 5.52. The van der Waals surface area contributed by atoms with Crippen molar-refractivity contribution in [3.8, 4) is 0 Å². The van der Waals surface area contributed by atoms with E-state index >= 15 is 0 Å². The molecule has 0 amide bonds. The lowest BCUT2D eigenvalue weighted by molar-refractivity contribution is 0.166. The van der Waals surface area contributed by atoms with E-state index < -0.39 is 14.6 Å². The first-order valence-electron chi connectivity index (χ1n) is 7.41. The third-order valence-corrected chi connectivity index (χ3v) is 6.30. The van der Waals surface area contributed by atoms with Crippen molar-refractivity contribution in [2.75, 3.05) is 38.5 Å². The quantitative estimate of drug-likeness (QED) is 0.383. The van der Waals surface area contributed by atoms with Gasteiger partial charge in [0.25, 0.3) is 0 Å². The monoisotopic (exact) mass is 447 g/mol. The Morgan fingerprint density at radius 3 is 2.45 bits per heavy atom. The molecule has 1 heterocycles. The van der Waals surface area contributed by atoms with E-state index in [1.165, 1.54) is 0 Å². The second-order valence-electron chi connectivity index (χ2n) is 6.99. The van der Waals surface area contributed by atoms with Crippen molar-refractivity contribution in [2.45, 2.75) is 39.4 Å². The molecule has 132 valence electrons. The summed E-state index contributed by atoms with van der Waals surface area (Å²) in [6, 6.07) is 0. The van der Waals surface area contributed by atoms with E-state index in [9.17, 15) is 13.5 Å². The van der Waals surface area contributed by atoms with Crippen molar-refractivity contribution < 1.29 is 13.5 Å². The Labute approximate surface area is 151 Å². The van der Waals surface area contributed by atoms with Crippen molar-refractivity contribution in [3.05, 3.63) is 0 Å². The van der Waals surface area contributed by atoms with Gasteiger partial charge in [0.05, 0.1) is 17.0 Å². The summed E-state index contributed by atoms with van der Waals surface area (Å²) in [6.45, 7) is 11.6. The van der Waals surface area contributed by atoms with Crippen LogP contribution < -0.4 is 5.32 Å². The van der Waals surface area contributed by atoms with E-state index in [0.717, 1.165) is 12.5 Å². The van der Waals surface area contributed by atoms with Crippen LogP contribution in [0, 0.1) is 5.41 Å². The lowest BCUT2D eigenvalue weighted by Crippen LogP contribution is -2.57. The molecule has 1 fully saturated rings. The molecule has 1 aliphatic heterocycles. The highest BCUT2D eigenvalue weighted by Gasteiger charge is 2.41. The van der Waals surface area contributed by atoms with Gasteiger partial charge in [0.15, 0.2) is 15.8 Å². The number of aliphatic imine (C=N–C) groups is 1. The van der Waals surface area contributed by atoms with E-state index in [1.807, 2.05) is 25.7 Å². The molecule has 0 saturated carbocycles. The van der Waals surface area contributed by atoms with Gasteiger partial charge in [-0.15, -0.1) is 24.0 Å². The van der Waals surface area contributed by atoms with Gasteiger partial charge in [0.2, 0.25) is 0 Å². The molecule has 0 bridgehead atoms. The molecule has 0 unspecified atom stereocenters. The first kappa shape index (κ1) is 21.9. The van der Waals surface area contributed by atoms with Crippen LogP contribution in [0.4, 0.5) is 0 Å². The molecule has 0 aromatic carbocycles. The second-order valence-corrected chi connectivity index (χ2v) is 9.74. The van der Waals surface area contributed by atoms with Gasteiger partial charge in [-0.05, 0) is 20.8 Å². The molecule has 0 aromatic heterocycles. The van der Waals surface area contributed by atoms with Gasteiger partial charge in [0.1, 0.15) is 0 Å². The number of nitrogens with zero attached hydrogens (tertiary/aromatic N) is 2. The number of aliphatic hydroxyl groups is 1. The van der Waals surface area contributed by atoms with Gasteiger partial charge in [-0.1, -0.05) is 13.8 Å². The summed E-state index contributed by atoms with van der Waals surface area (Å²) in [6.07, 6.45) is 0. The van der Waals surface area contributed by atoms with Crippen LogP contribution in [-0.4, -0.2) is 67.7 Å². The van der Waals surface area contributed by atoms with Crippen LogP contribution in [0.3, 0.4) is 0 Å². The van der Waals surface area contributed by atoms with E-state index in [4.69, 9.17) is 0 Å². The maximum atomic E-state index is 12.1. The fourth-order valence-corrected chi connectivity index (χ4v) is 3.46. The zero-order valence-electron chi connectivity index (χ0n) is 14.2. The van der Waals surface area contributed by atoms with Crippen LogP contribution in [-0.2, 0) is 9.84 Å². The number of aliphatic hydroxyl groups excluding tert-OH is 1. The summed E-state index contributed by atoms with van der Waals surface area (Å²) < 4.78 is 23.4. The number of hydrogen-bond donors (Lipinski definition) is 2. The zero-order valence-corrected chi connectivity index (χ0v) is 17.4. The number of hydrogen-bond acceptors (Lipinski definition) is 4. The predicted molar refractivity (Wildman–Crippen MR) is 102 cm³/mol. The second kappa shape index (κ2) is 8.14. The molecule has 0 aromatic rings. The highest BCUT2D eigenvalue weighted by Crippen LogP contribution is 2.24. The summed E-state index contributed by atoms with van der Waals surface area (Å²) in [7, 11) is -3.05. The van der Waals surface area contributed by atoms with Gasteiger partial charge in [0, 0.05) is 31.7 Å². The molecular formula is C14H30IN3O3S. The molecule has 8 heteroatoms. The summed E-state index contributed by atoms with van der Waals surface area (Å²) in [5.41, 5.74) is -0.280. The predicted octanol–water partition coefficient (Wildman–Crippen LogP) is 1.10. The molecule has 0 radical (unpaired) electrons. The Balaban J connectivity index is 0.00000441. The Morgan fingerprint density at radius 2 is 2.00 bits per heavy atom. The van der Waals surface area contributed by atoms with E-state index in [1.54, 1.807) is 13.8 Å². The highest BCUT2D eigenvalue weighted by molar-refractivity contribution is 14.0. The largest absolute Gasteiger partial charge is 0.396 e. The molecular weight excluding hydrogens is 417 g/mol. The van der Waals surface area contributed by atoms with Crippen molar-refractivity contribution in [3.63, 3.8) is 0 Å². The Bertz CT molecular complexity index is 490. The minimum absolute atomic E-state index is 0. The maximum absolute atomic E-state index is 12.1.